The second-order valence-electron chi connectivity index (χ2n) is 4.56. The number of unbranched alkanes of at least 4 members (excludes halogenated alkanes) is 1. The zero-order valence-corrected chi connectivity index (χ0v) is 12.4. The van der Waals surface area contributed by atoms with Crippen molar-refractivity contribution in [1.29, 1.82) is 0 Å². The van der Waals surface area contributed by atoms with E-state index >= 15 is 0 Å². The molecule has 0 aromatic heterocycles. The Morgan fingerprint density at radius 1 is 1.30 bits per heavy atom. The largest absolute Gasteiger partial charge is 0.356 e. The van der Waals surface area contributed by atoms with E-state index < -0.39 is 0 Å². The molecular formula is C13H25N5O2. The molecule has 0 unspecified atom stereocenters. The average Bonchev–Trinajstić information content (AvgIpc) is 2.46. The van der Waals surface area contributed by atoms with Crippen LogP contribution >= 0.6 is 0 Å². The summed E-state index contributed by atoms with van der Waals surface area (Å²) in [4.78, 5) is 25.5. The third-order valence-corrected chi connectivity index (χ3v) is 3.05. The first-order valence-corrected chi connectivity index (χ1v) is 7.13. The number of amides is 1. The first-order valence-electron chi connectivity index (χ1n) is 7.13. The van der Waals surface area contributed by atoms with E-state index in [-0.39, 0.29) is 17.7 Å². The lowest BCUT2D eigenvalue weighted by Crippen LogP contribution is -2.33. The molecule has 0 saturated carbocycles. The Hall–Kier alpha value is -1.59. The van der Waals surface area contributed by atoms with Crippen molar-refractivity contribution in [3.63, 3.8) is 0 Å². The van der Waals surface area contributed by atoms with Crippen molar-refractivity contribution in [2.75, 3.05) is 20.1 Å². The van der Waals surface area contributed by atoms with E-state index in [1.165, 1.54) is 0 Å². The summed E-state index contributed by atoms with van der Waals surface area (Å²) in [5.41, 5.74) is 8.08. The van der Waals surface area contributed by atoms with Crippen LogP contribution < -0.4 is 10.6 Å². The average molecular weight is 283 g/mol. The predicted molar refractivity (Wildman–Crippen MR) is 78.3 cm³/mol. The Balaban J connectivity index is 3.57. The lowest BCUT2D eigenvalue weighted by Gasteiger charge is -2.13. The number of azide groups is 1. The number of carbonyl (C=O) groups excluding carboxylic acids is 2. The first kappa shape index (κ1) is 18.4. The molecule has 0 bridgehead atoms. The summed E-state index contributed by atoms with van der Waals surface area (Å²) in [5.74, 6) is 0.211. The molecule has 2 N–H and O–H groups in total. The van der Waals surface area contributed by atoms with Gasteiger partial charge < -0.3 is 10.6 Å². The van der Waals surface area contributed by atoms with Gasteiger partial charge in [0.2, 0.25) is 5.91 Å². The quantitative estimate of drug-likeness (QED) is 0.247. The van der Waals surface area contributed by atoms with Crippen LogP contribution in [0.15, 0.2) is 5.11 Å². The molecule has 7 heteroatoms. The fourth-order valence-electron chi connectivity index (χ4n) is 1.86. The van der Waals surface area contributed by atoms with E-state index in [2.05, 4.69) is 20.7 Å². The molecule has 20 heavy (non-hydrogen) atoms. The van der Waals surface area contributed by atoms with Gasteiger partial charge in [-0.15, -0.1) is 0 Å². The summed E-state index contributed by atoms with van der Waals surface area (Å²) >= 11 is 0. The molecule has 1 atom stereocenters. The molecule has 0 spiro atoms. The number of likely N-dealkylation sites (N-methyl/N-ethyl adjacent to an activating group) is 1. The lowest BCUT2D eigenvalue weighted by atomic mass is 10.0. The second-order valence-corrected chi connectivity index (χ2v) is 4.56. The fourth-order valence-corrected chi connectivity index (χ4v) is 1.86. The molecular weight excluding hydrogens is 258 g/mol. The Kier molecular flexibility index (Phi) is 11.5. The number of Topliss-reactive ketones (excluding diaryl/α,β-unsaturated/α-hetero) is 1. The number of hydrogen-bond donors (Lipinski definition) is 2. The SMILES string of the molecule is CCC(=O)[C@H](CCCCNC(=O)CCCN=[N+]=[N-])NC. The lowest BCUT2D eigenvalue weighted by molar-refractivity contribution is -0.122. The van der Waals surface area contributed by atoms with Crippen LogP contribution in [0.25, 0.3) is 10.4 Å². The van der Waals surface area contributed by atoms with E-state index in [0.29, 0.717) is 32.4 Å². The van der Waals surface area contributed by atoms with Crippen LogP contribution in [0.5, 0.6) is 0 Å². The summed E-state index contributed by atoms with van der Waals surface area (Å²) in [7, 11) is 1.80. The van der Waals surface area contributed by atoms with E-state index in [1.807, 2.05) is 6.92 Å². The van der Waals surface area contributed by atoms with Crippen LogP contribution in [0, 0.1) is 0 Å². The van der Waals surface area contributed by atoms with E-state index in [1.54, 1.807) is 7.05 Å². The van der Waals surface area contributed by atoms with Crippen molar-refractivity contribution < 1.29 is 9.59 Å². The van der Waals surface area contributed by atoms with E-state index in [4.69, 9.17) is 5.53 Å². The van der Waals surface area contributed by atoms with E-state index in [9.17, 15) is 9.59 Å². The molecule has 0 heterocycles. The minimum absolute atomic E-state index is 0.0204. The summed E-state index contributed by atoms with van der Waals surface area (Å²) in [6, 6.07) is -0.0699. The topological polar surface area (TPSA) is 107 Å². The summed E-state index contributed by atoms with van der Waals surface area (Å²) in [6.07, 6.45) is 4.06. The smallest absolute Gasteiger partial charge is 0.219 e. The molecule has 0 aliphatic rings. The van der Waals surface area contributed by atoms with Gasteiger partial charge in [0.15, 0.2) is 0 Å². The first-order chi connectivity index (χ1) is 9.65. The minimum atomic E-state index is -0.0699. The van der Waals surface area contributed by atoms with Crippen LogP contribution in [0.1, 0.15) is 45.4 Å². The highest BCUT2D eigenvalue weighted by atomic mass is 16.1. The van der Waals surface area contributed by atoms with Crippen molar-refractivity contribution in [3.8, 4) is 0 Å². The molecule has 1 amide bonds. The normalized spacial score (nSPS) is 11.5. The minimum Gasteiger partial charge on any atom is -0.356 e. The van der Waals surface area contributed by atoms with Crippen molar-refractivity contribution in [2.24, 2.45) is 5.11 Å². The van der Waals surface area contributed by atoms with Crippen LogP contribution in [0.2, 0.25) is 0 Å². The molecule has 0 aliphatic carbocycles. The van der Waals surface area contributed by atoms with Crippen LogP contribution in [0.4, 0.5) is 0 Å². The fraction of sp³-hybridized carbons (Fsp3) is 0.846. The van der Waals surface area contributed by atoms with Crippen molar-refractivity contribution in [3.05, 3.63) is 10.4 Å². The second kappa shape index (κ2) is 12.4. The number of nitrogens with zero attached hydrogens (tertiary/aromatic N) is 3. The van der Waals surface area contributed by atoms with Gasteiger partial charge in [0, 0.05) is 30.8 Å². The van der Waals surface area contributed by atoms with Gasteiger partial charge in [0.1, 0.15) is 5.78 Å². The molecule has 0 rings (SSSR count). The van der Waals surface area contributed by atoms with Gasteiger partial charge in [-0.2, -0.15) is 0 Å². The van der Waals surface area contributed by atoms with Gasteiger partial charge in [-0.05, 0) is 38.3 Å². The molecule has 0 aliphatic heterocycles. The van der Waals surface area contributed by atoms with Gasteiger partial charge >= 0.3 is 0 Å². The maximum absolute atomic E-state index is 11.5. The third-order valence-electron chi connectivity index (χ3n) is 3.05. The highest BCUT2D eigenvalue weighted by molar-refractivity contribution is 5.83. The zero-order valence-electron chi connectivity index (χ0n) is 12.4. The standard InChI is InChI=1S/C13H25N5O2/c1-3-12(19)11(15-2)7-4-5-9-16-13(20)8-6-10-17-18-14/h11,15H,3-10H2,1-2H3,(H,16,20)/t11-/m0/s1. The highest BCUT2D eigenvalue weighted by Gasteiger charge is 2.13. The van der Waals surface area contributed by atoms with Gasteiger partial charge in [-0.3, -0.25) is 9.59 Å². The maximum atomic E-state index is 11.5. The summed E-state index contributed by atoms with van der Waals surface area (Å²) < 4.78 is 0. The molecule has 114 valence electrons. The number of nitrogens with one attached hydrogen (secondary N) is 2. The van der Waals surface area contributed by atoms with Gasteiger partial charge in [-0.1, -0.05) is 12.0 Å². The molecule has 0 saturated heterocycles. The van der Waals surface area contributed by atoms with Crippen LogP contribution in [-0.4, -0.2) is 37.9 Å². The Bertz CT molecular complexity index is 340. The Morgan fingerprint density at radius 3 is 2.65 bits per heavy atom. The highest BCUT2D eigenvalue weighted by Crippen LogP contribution is 2.03. The number of rotatable bonds is 12. The zero-order chi connectivity index (χ0) is 15.2. The maximum Gasteiger partial charge on any atom is 0.219 e. The number of ketones is 1. The number of hydrogen-bond acceptors (Lipinski definition) is 4. The molecule has 0 aromatic rings. The number of carbonyl (C=O) groups is 2. The Labute approximate surface area is 120 Å². The molecule has 7 nitrogen and oxygen atoms in total. The molecule has 0 fully saturated rings. The van der Waals surface area contributed by atoms with Crippen LogP contribution in [-0.2, 0) is 9.59 Å². The molecule has 0 aromatic carbocycles. The Morgan fingerprint density at radius 2 is 2.05 bits per heavy atom. The van der Waals surface area contributed by atoms with E-state index in [0.717, 1.165) is 19.3 Å². The monoisotopic (exact) mass is 283 g/mol. The van der Waals surface area contributed by atoms with Gasteiger partial charge in [-0.25, -0.2) is 0 Å². The van der Waals surface area contributed by atoms with Crippen molar-refractivity contribution in [1.82, 2.24) is 10.6 Å². The van der Waals surface area contributed by atoms with Gasteiger partial charge in [0.05, 0.1) is 6.04 Å². The third kappa shape index (κ3) is 9.35. The van der Waals surface area contributed by atoms with Crippen molar-refractivity contribution in [2.45, 2.75) is 51.5 Å². The van der Waals surface area contributed by atoms with Gasteiger partial charge in [0.25, 0.3) is 0 Å². The van der Waals surface area contributed by atoms with Crippen LogP contribution in [0.3, 0.4) is 0 Å². The summed E-state index contributed by atoms with van der Waals surface area (Å²) in [5, 5.41) is 9.20. The predicted octanol–water partition coefficient (Wildman–Crippen LogP) is 1.93. The molecule has 0 radical (unpaired) electrons. The van der Waals surface area contributed by atoms with Crippen molar-refractivity contribution >= 4 is 11.7 Å². The summed E-state index contributed by atoms with van der Waals surface area (Å²) in [6.45, 7) is 2.84.